The number of carbonyl (C=O) groups is 1. The summed E-state index contributed by atoms with van der Waals surface area (Å²) in [5, 5.41) is 3.35. The van der Waals surface area contributed by atoms with Crippen LogP contribution in [0.15, 0.2) is 36.4 Å². The molecule has 0 aliphatic heterocycles. The van der Waals surface area contributed by atoms with Crippen LogP contribution in [0.3, 0.4) is 0 Å². The van der Waals surface area contributed by atoms with Crippen LogP contribution in [0.25, 0.3) is 0 Å². The summed E-state index contributed by atoms with van der Waals surface area (Å²) in [5.41, 5.74) is 0.477. The van der Waals surface area contributed by atoms with Crippen LogP contribution >= 0.6 is 15.9 Å². The van der Waals surface area contributed by atoms with Crippen LogP contribution in [0.5, 0.6) is 0 Å². The van der Waals surface area contributed by atoms with Gasteiger partial charge in [-0.15, -0.1) is 0 Å². The lowest BCUT2D eigenvalue weighted by atomic mass is 9.91. The van der Waals surface area contributed by atoms with Crippen molar-refractivity contribution >= 4 is 21.8 Å². The third kappa shape index (κ3) is 4.01. The molecule has 30 heavy (non-hydrogen) atoms. The van der Waals surface area contributed by atoms with E-state index in [-0.39, 0.29) is 41.7 Å². The second-order valence-corrected chi connectivity index (χ2v) is 8.99. The van der Waals surface area contributed by atoms with Crippen molar-refractivity contribution in [1.82, 2.24) is 5.32 Å². The van der Waals surface area contributed by atoms with Gasteiger partial charge in [0.05, 0.1) is 11.5 Å². The zero-order valence-electron chi connectivity index (χ0n) is 16.5. The summed E-state index contributed by atoms with van der Waals surface area (Å²) in [7, 11) is 0. The fourth-order valence-corrected chi connectivity index (χ4v) is 4.35. The Kier molecular flexibility index (Phi) is 5.45. The van der Waals surface area contributed by atoms with Crippen molar-refractivity contribution in [1.29, 1.82) is 0 Å². The average Bonchev–Trinajstić information content (AvgIpc) is 3.60. The minimum atomic E-state index is -4.34. The van der Waals surface area contributed by atoms with Crippen molar-refractivity contribution in [3.63, 3.8) is 0 Å². The van der Waals surface area contributed by atoms with Crippen LogP contribution in [-0.2, 0) is 10.7 Å². The van der Waals surface area contributed by atoms with E-state index in [1.165, 1.54) is 18.2 Å². The van der Waals surface area contributed by atoms with Gasteiger partial charge in [0.1, 0.15) is 5.82 Å². The summed E-state index contributed by atoms with van der Waals surface area (Å²) in [6.45, 7) is 1.67. The van der Waals surface area contributed by atoms with E-state index in [9.17, 15) is 22.4 Å². The van der Waals surface area contributed by atoms with Gasteiger partial charge in [-0.25, -0.2) is 4.39 Å². The van der Waals surface area contributed by atoms with Crippen LogP contribution in [-0.4, -0.2) is 12.1 Å². The second kappa shape index (κ2) is 7.66. The van der Waals surface area contributed by atoms with E-state index in [2.05, 4.69) is 21.2 Å². The number of hydrogen-bond donors (Lipinski definition) is 1. The predicted octanol–water partition coefficient (Wildman–Crippen LogP) is 6.50. The van der Waals surface area contributed by atoms with Gasteiger partial charge in [-0.2, -0.15) is 13.2 Å². The lowest BCUT2D eigenvalue weighted by Gasteiger charge is -2.23. The summed E-state index contributed by atoms with van der Waals surface area (Å²) in [6.07, 6.45) is -2.35. The first-order valence-corrected chi connectivity index (χ1v) is 11.1. The Morgan fingerprint density at radius 3 is 2.43 bits per heavy atom. The molecule has 4 rings (SSSR count). The highest BCUT2D eigenvalue weighted by molar-refractivity contribution is 9.08. The number of amides is 1. The molecule has 0 spiro atoms. The lowest BCUT2D eigenvalue weighted by Crippen LogP contribution is -2.32. The Morgan fingerprint density at radius 2 is 1.90 bits per heavy atom. The zero-order valence-corrected chi connectivity index (χ0v) is 18.0. The van der Waals surface area contributed by atoms with Gasteiger partial charge in [0.15, 0.2) is 0 Å². The average molecular weight is 484 g/mol. The van der Waals surface area contributed by atoms with E-state index in [1.807, 2.05) is 0 Å². The van der Waals surface area contributed by atoms with Gasteiger partial charge in [-0.3, -0.25) is 4.79 Å². The number of alkyl halides is 4. The number of halogens is 5. The molecule has 2 saturated carbocycles. The molecular weight excluding hydrogens is 462 g/mol. The van der Waals surface area contributed by atoms with Gasteiger partial charge >= 0.3 is 6.18 Å². The van der Waals surface area contributed by atoms with Gasteiger partial charge in [0.25, 0.3) is 5.91 Å². The van der Waals surface area contributed by atoms with Crippen molar-refractivity contribution in [2.75, 3.05) is 0 Å². The molecule has 2 aromatic carbocycles. The molecule has 2 fully saturated rings. The number of nitrogens with one attached hydrogen (secondary N) is 1. The maximum absolute atomic E-state index is 13.7. The lowest BCUT2D eigenvalue weighted by molar-refractivity contribution is -0.160. The number of carbonyl (C=O) groups excluding carboxylic acids is 1. The maximum Gasteiger partial charge on any atom is 0.398 e. The number of aryl methyl sites for hydroxylation is 1. The van der Waals surface area contributed by atoms with Crippen LogP contribution in [0.4, 0.5) is 17.6 Å². The Balaban J connectivity index is 1.64. The summed E-state index contributed by atoms with van der Waals surface area (Å²) < 4.78 is 54.5. The summed E-state index contributed by atoms with van der Waals surface area (Å²) in [4.78, 5) is 13.0. The summed E-state index contributed by atoms with van der Waals surface area (Å²) in [5.74, 6) is -0.463. The highest BCUT2D eigenvalue weighted by Gasteiger charge is 2.64. The van der Waals surface area contributed by atoms with E-state index in [0.717, 1.165) is 18.4 Å². The van der Waals surface area contributed by atoms with Crippen LogP contribution in [0.2, 0.25) is 0 Å². The van der Waals surface area contributed by atoms with Crippen molar-refractivity contribution < 1.29 is 22.4 Å². The van der Waals surface area contributed by atoms with Crippen molar-refractivity contribution in [2.45, 2.75) is 55.6 Å². The van der Waals surface area contributed by atoms with E-state index < -0.39 is 17.5 Å². The van der Waals surface area contributed by atoms with Gasteiger partial charge in [-0.1, -0.05) is 34.1 Å². The molecule has 0 radical (unpaired) electrons. The first-order chi connectivity index (χ1) is 14.1. The third-order valence-corrected chi connectivity index (χ3v) is 6.82. The summed E-state index contributed by atoms with van der Waals surface area (Å²) >= 11 is 3.30. The van der Waals surface area contributed by atoms with E-state index in [4.69, 9.17) is 0 Å². The minimum Gasteiger partial charge on any atom is -0.345 e. The fraction of sp³-hybridized carbons (Fsp3) is 0.435. The number of benzene rings is 2. The van der Waals surface area contributed by atoms with Crippen LogP contribution in [0.1, 0.15) is 64.3 Å². The van der Waals surface area contributed by atoms with Crippen molar-refractivity contribution in [3.05, 3.63) is 70.0 Å². The van der Waals surface area contributed by atoms with Crippen molar-refractivity contribution in [2.24, 2.45) is 5.92 Å². The molecular formula is C23H22BrF4NO. The molecule has 2 aliphatic rings. The van der Waals surface area contributed by atoms with Gasteiger partial charge in [0, 0.05) is 10.9 Å². The molecule has 0 heterocycles. The Labute approximate surface area is 181 Å². The highest BCUT2D eigenvalue weighted by atomic mass is 79.9. The standard InChI is InChI=1S/C23H22BrF4NO/c1-13-8-16(4-5-19(13)25)20(15-2-3-15)29-21(30)17-9-14(12-24)10-18(11-17)22(6-7-22)23(26,27)28/h4-5,8-11,15,20H,2-3,6-7,12H2,1H3,(H,29,30). The minimum absolute atomic E-state index is 0.0445. The maximum atomic E-state index is 13.7. The highest BCUT2D eigenvalue weighted by Crippen LogP contribution is 2.59. The third-order valence-electron chi connectivity index (χ3n) is 6.18. The first-order valence-electron chi connectivity index (χ1n) is 9.99. The molecule has 2 aromatic rings. The molecule has 1 atom stereocenters. The normalized spacial score (nSPS) is 18.7. The molecule has 0 bridgehead atoms. The van der Waals surface area contributed by atoms with Gasteiger partial charge < -0.3 is 5.32 Å². The summed E-state index contributed by atoms with van der Waals surface area (Å²) in [6, 6.07) is 9.02. The molecule has 1 amide bonds. The smallest absolute Gasteiger partial charge is 0.345 e. The zero-order chi connectivity index (χ0) is 21.7. The van der Waals surface area contributed by atoms with Crippen LogP contribution < -0.4 is 5.32 Å². The van der Waals surface area contributed by atoms with Gasteiger partial charge in [-0.05, 0) is 79.0 Å². The largest absolute Gasteiger partial charge is 0.398 e. The molecule has 2 aliphatic carbocycles. The number of rotatable bonds is 6. The molecule has 0 aromatic heterocycles. The van der Waals surface area contributed by atoms with Crippen LogP contribution in [0, 0.1) is 18.7 Å². The molecule has 7 heteroatoms. The molecule has 2 nitrogen and oxygen atoms in total. The Bertz CT molecular complexity index is 980. The topological polar surface area (TPSA) is 29.1 Å². The second-order valence-electron chi connectivity index (χ2n) is 8.43. The number of hydrogen-bond acceptors (Lipinski definition) is 1. The van der Waals surface area contributed by atoms with E-state index in [1.54, 1.807) is 25.1 Å². The molecule has 1 unspecified atom stereocenters. The van der Waals surface area contributed by atoms with E-state index >= 15 is 0 Å². The fourth-order valence-electron chi connectivity index (χ4n) is 4.03. The predicted molar refractivity (Wildman–Crippen MR) is 110 cm³/mol. The van der Waals surface area contributed by atoms with Gasteiger partial charge in [0.2, 0.25) is 0 Å². The monoisotopic (exact) mass is 483 g/mol. The molecule has 1 N–H and O–H groups in total. The SMILES string of the molecule is Cc1cc(C(NC(=O)c2cc(CBr)cc(C3(C(F)(F)F)CC3)c2)C2CC2)ccc1F. The molecule has 160 valence electrons. The quantitative estimate of drug-likeness (QED) is 0.368. The Hall–Kier alpha value is -1.89. The van der Waals surface area contributed by atoms with E-state index in [0.29, 0.717) is 16.5 Å². The first kappa shape index (κ1) is 21.3. The Morgan fingerprint density at radius 1 is 1.20 bits per heavy atom. The molecule has 0 saturated heterocycles. The van der Waals surface area contributed by atoms with Crippen molar-refractivity contribution in [3.8, 4) is 0 Å².